The number of aryl methyl sites for hydroxylation is 1. The molecule has 0 saturated heterocycles. The number of carbonyl (C=O) groups is 1. The molecule has 0 aromatic heterocycles. The molecule has 0 amide bonds. The molecule has 1 aromatic carbocycles. The summed E-state index contributed by atoms with van der Waals surface area (Å²) in [6.07, 6.45) is 3.54. The molecule has 92 valence electrons. The molecule has 17 heavy (non-hydrogen) atoms. The predicted octanol–water partition coefficient (Wildman–Crippen LogP) is 2.54. The fraction of sp³-hybridized carbons (Fsp3) is 0.500. The third-order valence-electron chi connectivity index (χ3n) is 3.10. The summed E-state index contributed by atoms with van der Waals surface area (Å²) in [5, 5.41) is 3.40. The summed E-state index contributed by atoms with van der Waals surface area (Å²) in [4.78, 5) is 11.3. The van der Waals surface area contributed by atoms with E-state index in [1.165, 1.54) is 23.2 Å². The van der Waals surface area contributed by atoms with Crippen LogP contribution in [0.1, 0.15) is 30.9 Å². The van der Waals surface area contributed by atoms with Crippen LogP contribution in [0.25, 0.3) is 0 Å². The number of esters is 1. The summed E-state index contributed by atoms with van der Waals surface area (Å²) < 4.78 is 4.95. The highest BCUT2D eigenvalue weighted by atomic mass is 16.5. The molecule has 1 aliphatic heterocycles. The molecule has 1 N–H and O–H groups in total. The molecule has 3 nitrogen and oxygen atoms in total. The Hall–Kier alpha value is -1.51. The molecule has 1 aliphatic rings. The molecular formula is C14H19NO2. The molecule has 1 heterocycles. The number of hydrogen-bond donors (Lipinski definition) is 1. The Morgan fingerprint density at radius 3 is 3.18 bits per heavy atom. The van der Waals surface area contributed by atoms with E-state index in [-0.39, 0.29) is 5.97 Å². The zero-order chi connectivity index (χ0) is 12.1. The first-order valence-electron chi connectivity index (χ1n) is 6.31. The molecule has 2 rings (SSSR count). The van der Waals surface area contributed by atoms with E-state index in [9.17, 15) is 4.79 Å². The van der Waals surface area contributed by atoms with Crippen molar-refractivity contribution in [3.05, 3.63) is 29.3 Å². The van der Waals surface area contributed by atoms with Crippen LogP contribution in [-0.2, 0) is 22.4 Å². The van der Waals surface area contributed by atoms with Gasteiger partial charge >= 0.3 is 5.97 Å². The summed E-state index contributed by atoms with van der Waals surface area (Å²) >= 11 is 0. The Labute approximate surface area is 102 Å². The van der Waals surface area contributed by atoms with Crippen molar-refractivity contribution in [2.24, 2.45) is 0 Å². The average molecular weight is 233 g/mol. The summed E-state index contributed by atoms with van der Waals surface area (Å²) in [6, 6.07) is 6.28. The first-order chi connectivity index (χ1) is 8.31. The third-order valence-corrected chi connectivity index (χ3v) is 3.10. The van der Waals surface area contributed by atoms with E-state index in [1.54, 1.807) is 0 Å². The van der Waals surface area contributed by atoms with Crippen molar-refractivity contribution in [1.82, 2.24) is 0 Å². The molecule has 0 saturated carbocycles. The van der Waals surface area contributed by atoms with Gasteiger partial charge in [0, 0.05) is 18.7 Å². The number of carbonyl (C=O) groups excluding carboxylic acids is 1. The van der Waals surface area contributed by atoms with Gasteiger partial charge in [0.1, 0.15) is 0 Å². The van der Waals surface area contributed by atoms with Crippen molar-refractivity contribution >= 4 is 11.7 Å². The highest BCUT2D eigenvalue weighted by Gasteiger charge is 2.13. The molecule has 0 unspecified atom stereocenters. The van der Waals surface area contributed by atoms with Gasteiger partial charge in [-0.15, -0.1) is 0 Å². The van der Waals surface area contributed by atoms with Crippen LogP contribution in [-0.4, -0.2) is 19.1 Å². The lowest BCUT2D eigenvalue weighted by atomic mass is 9.95. The van der Waals surface area contributed by atoms with Crippen LogP contribution in [0.2, 0.25) is 0 Å². The minimum absolute atomic E-state index is 0.103. The van der Waals surface area contributed by atoms with Gasteiger partial charge in [0.2, 0.25) is 0 Å². The minimum Gasteiger partial charge on any atom is -0.466 e. The smallest absolute Gasteiger partial charge is 0.306 e. The quantitative estimate of drug-likeness (QED) is 0.812. The molecule has 0 spiro atoms. The number of rotatable bonds is 4. The number of ether oxygens (including phenoxy) is 1. The van der Waals surface area contributed by atoms with Crippen molar-refractivity contribution in [1.29, 1.82) is 0 Å². The van der Waals surface area contributed by atoms with Gasteiger partial charge in [-0.05, 0) is 43.4 Å². The van der Waals surface area contributed by atoms with Gasteiger partial charge in [-0.25, -0.2) is 0 Å². The number of hydrogen-bond acceptors (Lipinski definition) is 3. The average Bonchev–Trinajstić information content (AvgIpc) is 2.36. The van der Waals surface area contributed by atoms with E-state index < -0.39 is 0 Å². The number of benzene rings is 1. The normalized spacial score (nSPS) is 13.7. The third kappa shape index (κ3) is 2.99. The number of anilines is 1. The molecule has 0 fully saturated rings. The van der Waals surface area contributed by atoms with Crippen LogP contribution >= 0.6 is 0 Å². The first-order valence-corrected chi connectivity index (χ1v) is 6.31. The Morgan fingerprint density at radius 1 is 1.47 bits per heavy atom. The van der Waals surface area contributed by atoms with Crippen LogP contribution in [0.15, 0.2) is 18.2 Å². The van der Waals surface area contributed by atoms with E-state index in [4.69, 9.17) is 4.74 Å². The molecule has 3 heteroatoms. The highest BCUT2D eigenvalue weighted by molar-refractivity contribution is 5.70. The maximum Gasteiger partial charge on any atom is 0.306 e. The maximum absolute atomic E-state index is 11.3. The van der Waals surface area contributed by atoms with Gasteiger partial charge in [-0.2, -0.15) is 0 Å². The SMILES string of the molecule is CCOC(=O)CCc1cccc2c1CCCN2. The van der Waals surface area contributed by atoms with Gasteiger partial charge in [0.05, 0.1) is 6.61 Å². The van der Waals surface area contributed by atoms with Crippen molar-refractivity contribution in [3.8, 4) is 0 Å². The Morgan fingerprint density at radius 2 is 2.35 bits per heavy atom. The molecule has 0 atom stereocenters. The van der Waals surface area contributed by atoms with Gasteiger partial charge in [-0.3, -0.25) is 4.79 Å². The fourth-order valence-electron chi connectivity index (χ4n) is 2.29. The Bertz CT molecular complexity index is 401. The molecule has 0 aliphatic carbocycles. The summed E-state index contributed by atoms with van der Waals surface area (Å²) in [7, 11) is 0. The van der Waals surface area contributed by atoms with Crippen molar-refractivity contribution in [2.45, 2.75) is 32.6 Å². The zero-order valence-corrected chi connectivity index (χ0v) is 10.3. The van der Waals surface area contributed by atoms with Crippen LogP contribution in [0.3, 0.4) is 0 Å². The monoisotopic (exact) mass is 233 g/mol. The number of fused-ring (bicyclic) bond motifs is 1. The van der Waals surface area contributed by atoms with Crippen LogP contribution in [0.4, 0.5) is 5.69 Å². The second kappa shape index (κ2) is 5.71. The van der Waals surface area contributed by atoms with E-state index in [2.05, 4.69) is 23.5 Å². The minimum atomic E-state index is -0.103. The van der Waals surface area contributed by atoms with E-state index >= 15 is 0 Å². The lowest BCUT2D eigenvalue weighted by molar-refractivity contribution is -0.143. The lowest BCUT2D eigenvalue weighted by Gasteiger charge is -2.20. The second-order valence-electron chi connectivity index (χ2n) is 4.28. The Balaban J connectivity index is 2.03. The van der Waals surface area contributed by atoms with Gasteiger partial charge < -0.3 is 10.1 Å². The van der Waals surface area contributed by atoms with Crippen molar-refractivity contribution in [3.63, 3.8) is 0 Å². The Kier molecular flexibility index (Phi) is 4.02. The van der Waals surface area contributed by atoms with E-state index in [0.29, 0.717) is 13.0 Å². The van der Waals surface area contributed by atoms with Crippen LogP contribution in [0.5, 0.6) is 0 Å². The second-order valence-corrected chi connectivity index (χ2v) is 4.28. The van der Waals surface area contributed by atoms with E-state index in [1.807, 2.05) is 6.92 Å². The van der Waals surface area contributed by atoms with Crippen LogP contribution < -0.4 is 5.32 Å². The lowest BCUT2D eigenvalue weighted by Crippen LogP contribution is -2.14. The van der Waals surface area contributed by atoms with E-state index in [0.717, 1.165) is 19.4 Å². The van der Waals surface area contributed by atoms with Gasteiger partial charge in [-0.1, -0.05) is 12.1 Å². The summed E-state index contributed by atoms with van der Waals surface area (Å²) in [6.45, 7) is 3.35. The molecule has 0 radical (unpaired) electrons. The van der Waals surface area contributed by atoms with Gasteiger partial charge in [0.15, 0.2) is 0 Å². The standard InChI is InChI=1S/C14H19NO2/c1-2-17-14(16)9-8-11-5-3-7-13-12(11)6-4-10-15-13/h3,5,7,15H,2,4,6,8-10H2,1H3. The molecule has 0 bridgehead atoms. The fourth-order valence-corrected chi connectivity index (χ4v) is 2.29. The number of nitrogens with one attached hydrogen (secondary N) is 1. The molecular weight excluding hydrogens is 214 g/mol. The molecule has 1 aromatic rings. The predicted molar refractivity (Wildman–Crippen MR) is 68.2 cm³/mol. The van der Waals surface area contributed by atoms with Gasteiger partial charge in [0.25, 0.3) is 0 Å². The summed E-state index contributed by atoms with van der Waals surface area (Å²) in [5.74, 6) is -0.103. The van der Waals surface area contributed by atoms with Crippen LogP contribution in [0, 0.1) is 0 Å². The summed E-state index contributed by atoms with van der Waals surface area (Å²) in [5.41, 5.74) is 3.89. The zero-order valence-electron chi connectivity index (χ0n) is 10.3. The van der Waals surface area contributed by atoms with Crippen molar-refractivity contribution in [2.75, 3.05) is 18.5 Å². The van der Waals surface area contributed by atoms with Crippen molar-refractivity contribution < 1.29 is 9.53 Å². The topological polar surface area (TPSA) is 38.3 Å². The highest BCUT2D eigenvalue weighted by Crippen LogP contribution is 2.26. The first kappa shape index (κ1) is 12.0. The largest absolute Gasteiger partial charge is 0.466 e. The maximum atomic E-state index is 11.3.